The SMILES string of the molecule is O=C(N/N=C/C=C/c1ccccc1)c1ccc(Br)cc1O. The summed E-state index contributed by atoms with van der Waals surface area (Å²) in [7, 11) is 0. The number of hydrogen-bond donors (Lipinski definition) is 2. The fourth-order valence-electron chi connectivity index (χ4n) is 1.61. The van der Waals surface area contributed by atoms with Crippen molar-refractivity contribution in [1.29, 1.82) is 0 Å². The van der Waals surface area contributed by atoms with Gasteiger partial charge in [-0.15, -0.1) is 0 Å². The molecule has 0 saturated heterocycles. The first-order chi connectivity index (χ1) is 10.2. The maximum atomic E-state index is 11.8. The van der Waals surface area contributed by atoms with E-state index in [0.29, 0.717) is 4.47 Å². The molecule has 0 aliphatic heterocycles. The molecule has 0 saturated carbocycles. The number of hydrogen-bond acceptors (Lipinski definition) is 3. The Hall–Kier alpha value is -2.40. The summed E-state index contributed by atoms with van der Waals surface area (Å²) in [6.45, 7) is 0. The first kappa shape index (κ1) is 15.0. The largest absolute Gasteiger partial charge is 0.507 e. The zero-order chi connectivity index (χ0) is 15.1. The van der Waals surface area contributed by atoms with Crippen molar-refractivity contribution in [2.24, 2.45) is 5.10 Å². The summed E-state index contributed by atoms with van der Waals surface area (Å²) >= 11 is 3.21. The molecule has 1 amide bonds. The smallest absolute Gasteiger partial charge is 0.275 e. The van der Waals surface area contributed by atoms with Crippen molar-refractivity contribution >= 4 is 34.1 Å². The van der Waals surface area contributed by atoms with Gasteiger partial charge in [-0.3, -0.25) is 4.79 Å². The van der Waals surface area contributed by atoms with E-state index in [-0.39, 0.29) is 11.3 Å². The van der Waals surface area contributed by atoms with Gasteiger partial charge < -0.3 is 5.11 Å². The molecule has 106 valence electrons. The number of allylic oxidation sites excluding steroid dienone is 1. The highest BCUT2D eigenvalue weighted by Crippen LogP contribution is 2.21. The molecule has 2 rings (SSSR count). The Balaban J connectivity index is 1.92. The third-order valence-corrected chi connectivity index (χ3v) is 3.11. The zero-order valence-corrected chi connectivity index (χ0v) is 12.6. The van der Waals surface area contributed by atoms with Gasteiger partial charge in [0.1, 0.15) is 5.75 Å². The maximum absolute atomic E-state index is 11.8. The van der Waals surface area contributed by atoms with E-state index in [2.05, 4.69) is 26.5 Å². The second-order valence-corrected chi connectivity index (χ2v) is 5.07. The number of halogens is 1. The second-order valence-electron chi connectivity index (χ2n) is 4.15. The highest BCUT2D eigenvalue weighted by Gasteiger charge is 2.09. The number of rotatable bonds is 4. The van der Waals surface area contributed by atoms with Gasteiger partial charge in [0.05, 0.1) is 5.56 Å². The molecule has 4 nitrogen and oxygen atoms in total. The number of carbonyl (C=O) groups excluding carboxylic acids is 1. The summed E-state index contributed by atoms with van der Waals surface area (Å²) in [5, 5.41) is 13.4. The first-order valence-corrected chi connectivity index (χ1v) is 7.00. The van der Waals surface area contributed by atoms with E-state index in [1.807, 2.05) is 36.4 Å². The fraction of sp³-hybridized carbons (Fsp3) is 0. The maximum Gasteiger partial charge on any atom is 0.275 e. The third-order valence-electron chi connectivity index (χ3n) is 2.62. The van der Waals surface area contributed by atoms with E-state index in [0.717, 1.165) is 5.56 Å². The van der Waals surface area contributed by atoms with Crippen LogP contribution in [0.2, 0.25) is 0 Å². The van der Waals surface area contributed by atoms with Crippen LogP contribution < -0.4 is 5.43 Å². The van der Waals surface area contributed by atoms with Crippen LogP contribution in [-0.4, -0.2) is 17.2 Å². The molecule has 0 radical (unpaired) electrons. The Morgan fingerprint density at radius 3 is 2.67 bits per heavy atom. The van der Waals surface area contributed by atoms with Crippen LogP contribution in [0.3, 0.4) is 0 Å². The van der Waals surface area contributed by atoms with Gasteiger partial charge in [0.25, 0.3) is 5.91 Å². The average molecular weight is 345 g/mol. The number of phenols is 1. The summed E-state index contributed by atoms with van der Waals surface area (Å²) < 4.78 is 0.700. The number of benzene rings is 2. The second kappa shape index (κ2) is 7.40. The van der Waals surface area contributed by atoms with Crippen LogP contribution in [0.5, 0.6) is 5.75 Å². The molecule has 0 aliphatic carbocycles. The van der Waals surface area contributed by atoms with Gasteiger partial charge in [-0.1, -0.05) is 52.3 Å². The highest BCUT2D eigenvalue weighted by atomic mass is 79.9. The molecule has 0 aromatic heterocycles. The molecule has 0 aliphatic rings. The van der Waals surface area contributed by atoms with Crippen molar-refractivity contribution in [2.75, 3.05) is 0 Å². The molecule has 0 unspecified atom stereocenters. The van der Waals surface area contributed by atoms with Crippen LogP contribution >= 0.6 is 15.9 Å². The molecule has 0 atom stereocenters. The van der Waals surface area contributed by atoms with Crippen LogP contribution in [-0.2, 0) is 0 Å². The van der Waals surface area contributed by atoms with Gasteiger partial charge in [-0.25, -0.2) is 5.43 Å². The first-order valence-electron chi connectivity index (χ1n) is 6.20. The van der Waals surface area contributed by atoms with Crippen molar-refractivity contribution in [2.45, 2.75) is 0 Å². The molecule has 2 aromatic rings. The van der Waals surface area contributed by atoms with E-state index < -0.39 is 5.91 Å². The minimum atomic E-state index is -0.468. The van der Waals surface area contributed by atoms with Crippen LogP contribution in [0.25, 0.3) is 6.08 Å². The summed E-state index contributed by atoms with van der Waals surface area (Å²) in [4.78, 5) is 11.8. The van der Waals surface area contributed by atoms with E-state index in [4.69, 9.17) is 0 Å². The van der Waals surface area contributed by atoms with Gasteiger partial charge in [0.15, 0.2) is 0 Å². The molecule has 0 heterocycles. The van der Waals surface area contributed by atoms with Gasteiger partial charge >= 0.3 is 0 Å². The van der Waals surface area contributed by atoms with Gasteiger partial charge in [0, 0.05) is 10.7 Å². The van der Waals surface area contributed by atoms with Crippen LogP contribution in [0.15, 0.2) is 64.2 Å². The molecule has 2 N–H and O–H groups in total. The number of phenolic OH excluding ortho intramolecular Hbond substituents is 1. The van der Waals surface area contributed by atoms with E-state index in [1.54, 1.807) is 12.1 Å². The summed E-state index contributed by atoms with van der Waals surface area (Å²) in [6, 6.07) is 14.4. The van der Waals surface area contributed by atoms with Crippen LogP contribution in [0.4, 0.5) is 0 Å². The molecule has 0 bridgehead atoms. The quantitative estimate of drug-likeness (QED) is 0.657. The van der Waals surface area contributed by atoms with E-state index >= 15 is 0 Å². The third kappa shape index (κ3) is 4.57. The Kier molecular flexibility index (Phi) is 5.29. The number of nitrogens with zero attached hydrogens (tertiary/aromatic N) is 1. The Labute approximate surface area is 130 Å². The van der Waals surface area contributed by atoms with Gasteiger partial charge in [0.2, 0.25) is 0 Å². The molecular formula is C16H13BrN2O2. The minimum absolute atomic E-state index is 0.100. The topological polar surface area (TPSA) is 61.7 Å². The van der Waals surface area contributed by atoms with Gasteiger partial charge in [-0.2, -0.15) is 5.10 Å². The van der Waals surface area contributed by atoms with Crippen molar-refractivity contribution in [3.63, 3.8) is 0 Å². The number of carbonyl (C=O) groups is 1. The number of aromatic hydroxyl groups is 1. The van der Waals surface area contributed by atoms with Crippen molar-refractivity contribution in [3.05, 3.63) is 70.2 Å². The molecule has 2 aromatic carbocycles. The van der Waals surface area contributed by atoms with E-state index in [9.17, 15) is 9.90 Å². The number of amides is 1. The standard InChI is InChI=1S/C16H13BrN2O2/c17-13-8-9-14(15(20)11-13)16(21)19-18-10-4-7-12-5-2-1-3-6-12/h1-11,20H,(H,19,21)/b7-4+,18-10+. The number of nitrogens with one attached hydrogen (secondary N) is 1. The fourth-order valence-corrected chi connectivity index (χ4v) is 1.96. The predicted molar refractivity (Wildman–Crippen MR) is 87.2 cm³/mol. The number of hydrazone groups is 1. The average Bonchev–Trinajstić information content (AvgIpc) is 2.47. The van der Waals surface area contributed by atoms with Crippen LogP contribution in [0.1, 0.15) is 15.9 Å². The monoisotopic (exact) mass is 344 g/mol. The molecular weight excluding hydrogens is 332 g/mol. The van der Waals surface area contributed by atoms with Crippen molar-refractivity contribution in [3.8, 4) is 5.75 Å². The molecule has 5 heteroatoms. The lowest BCUT2D eigenvalue weighted by Crippen LogP contribution is -2.17. The van der Waals surface area contributed by atoms with E-state index in [1.165, 1.54) is 18.3 Å². The highest BCUT2D eigenvalue weighted by molar-refractivity contribution is 9.10. The molecule has 0 fully saturated rings. The molecule has 0 spiro atoms. The lowest BCUT2D eigenvalue weighted by atomic mass is 10.2. The van der Waals surface area contributed by atoms with Crippen LogP contribution in [0, 0.1) is 0 Å². The minimum Gasteiger partial charge on any atom is -0.507 e. The summed E-state index contributed by atoms with van der Waals surface area (Å²) in [6.07, 6.45) is 5.06. The summed E-state index contributed by atoms with van der Waals surface area (Å²) in [5.41, 5.74) is 3.56. The Morgan fingerprint density at radius 2 is 1.95 bits per heavy atom. The Morgan fingerprint density at radius 1 is 1.19 bits per heavy atom. The lowest BCUT2D eigenvalue weighted by Gasteiger charge is -2.02. The summed E-state index contributed by atoms with van der Waals surface area (Å²) in [5.74, 6) is -0.568. The Bertz CT molecular complexity index is 682. The van der Waals surface area contributed by atoms with Crippen molar-refractivity contribution < 1.29 is 9.90 Å². The van der Waals surface area contributed by atoms with Crippen molar-refractivity contribution in [1.82, 2.24) is 5.43 Å². The predicted octanol–water partition coefficient (Wildman–Crippen LogP) is 3.58. The van der Waals surface area contributed by atoms with Gasteiger partial charge in [-0.05, 0) is 29.8 Å². The normalized spacial score (nSPS) is 11.1. The lowest BCUT2D eigenvalue weighted by molar-refractivity contribution is 0.0952. The molecule has 21 heavy (non-hydrogen) atoms. The zero-order valence-electron chi connectivity index (χ0n) is 11.0.